The molecule has 5 heterocycles. The standard InChI is InChI=1S/C34H32F3N5O4/c1-3-21-23(36)6-5-18-11-20(43)12-22(26(18)21)29-28(37)30-27(32(38-29)45-2)31(42-14-17-9-24(42)25(44)10-17)40-33(39-30)46-16-34-7-4-8-41(34)15-19(35)13-34/h1,5-6,11-12,17,19,24-25,43-44H,4,7-10,13-16H2,2H3/t17?,19-,24?,25?,34+/m1/s1. The molecule has 0 amide bonds. The van der Waals surface area contributed by atoms with Crippen LogP contribution in [0, 0.1) is 29.9 Å². The van der Waals surface area contributed by atoms with Gasteiger partial charge in [-0.1, -0.05) is 12.0 Å². The smallest absolute Gasteiger partial charge is 0.319 e. The molecule has 9 nitrogen and oxygen atoms in total. The Morgan fingerprint density at radius 2 is 1.98 bits per heavy atom. The predicted molar refractivity (Wildman–Crippen MR) is 165 cm³/mol. The van der Waals surface area contributed by atoms with Crippen LogP contribution in [-0.4, -0.2) is 87.3 Å². The third-order valence-electron chi connectivity index (χ3n) is 10.3. The van der Waals surface area contributed by atoms with E-state index in [0.717, 1.165) is 25.8 Å². The minimum atomic E-state index is -0.955. The van der Waals surface area contributed by atoms with Gasteiger partial charge in [-0.15, -0.1) is 6.42 Å². The van der Waals surface area contributed by atoms with Gasteiger partial charge in [-0.05, 0) is 61.7 Å². The zero-order chi connectivity index (χ0) is 31.9. The number of piperidine rings is 1. The molecule has 1 aliphatic carbocycles. The molecule has 1 saturated carbocycles. The van der Waals surface area contributed by atoms with Crippen LogP contribution in [0.3, 0.4) is 0 Å². The first-order valence-corrected chi connectivity index (χ1v) is 15.5. The number of anilines is 1. The lowest BCUT2D eigenvalue weighted by Crippen LogP contribution is -2.44. The van der Waals surface area contributed by atoms with E-state index in [1.165, 1.54) is 31.4 Å². The molecule has 2 aromatic carbocycles. The highest BCUT2D eigenvalue weighted by Gasteiger charge is 2.50. The first-order chi connectivity index (χ1) is 22.2. The van der Waals surface area contributed by atoms with Gasteiger partial charge in [0.1, 0.15) is 46.8 Å². The fraction of sp³-hybridized carbons (Fsp3) is 0.441. The molecule has 4 aromatic rings. The summed E-state index contributed by atoms with van der Waals surface area (Å²) in [5, 5.41) is 22.2. The molecule has 2 bridgehead atoms. The van der Waals surface area contributed by atoms with Crippen molar-refractivity contribution in [2.45, 2.75) is 56.0 Å². The highest BCUT2D eigenvalue weighted by Crippen LogP contribution is 2.47. The molecule has 5 atom stereocenters. The van der Waals surface area contributed by atoms with Crippen molar-refractivity contribution in [1.29, 1.82) is 0 Å². The minimum Gasteiger partial charge on any atom is -0.508 e. The Morgan fingerprint density at radius 3 is 2.74 bits per heavy atom. The zero-order valence-corrected chi connectivity index (χ0v) is 25.1. The van der Waals surface area contributed by atoms with Crippen LogP contribution in [0.4, 0.5) is 19.0 Å². The number of aromatic nitrogens is 3. The number of phenolic OH excluding ortho intramolecular Hbond substituents is 1. The Labute approximate surface area is 263 Å². The van der Waals surface area contributed by atoms with Crippen LogP contribution in [0.25, 0.3) is 32.9 Å². The lowest BCUT2D eigenvalue weighted by molar-refractivity contribution is 0.107. The topological polar surface area (TPSA) is 104 Å². The Morgan fingerprint density at radius 1 is 1.13 bits per heavy atom. The molecular weight excluding hydrogens is 599 g/mol. The maximum absolute atomic E-state index is 17.0. The predicted octanol–water partition coefficient (Wildman–Crippen LogP) is 4.73. The van der Waals surface area contributed by atoms with E-state index >= 15 is 4.39 Å². The van der Waals surface area contributed by atoms with Crippen LogP contribution in [-0.2, 0) is 0 Å². The van der Waals surface area contributed by atoms with Crippen molar-refractivity contribution in [3.63, 3.8) is 0 Å². The van der Waals surface area contributed by atoms with Gasteiger partial charge in [-0.2, -0.15) is 9.97 Å². The van der Waals surface area contributed by atoms with Crippen molar-refractivity contribution in [1.82, 2.24) is 19.9 Å². The number of terminal acetylenes is 1. The quantitative estimate of drug-likeness (QED) is 0.292. The second-order valence-electron chi connectivity index (χ2n) is 13.0. The molecule has 0 radical (unpaired) electrons. The number of rotatable bonds is 6. The number of aliphatic hydroxyl groups excluding tert-OH is 1. The third kappa shape index (κ3) is 4.36. The fourth-order valence-electron chi connectivity index (χ4n) is 8.34. The largest absolute Gasteiger partial charge is 0.508 e. The average Bonchev–Trinajstić information content (AvgIpc) is 3.79. The molecule has 46 heavy (non-hydrogen) atoms. The molecule has 3 aliphatic heterocycles. The number of phenols is 1. The van der Waals surface area contributed by atoms with Crippen LogP contribution in [0.1, 0.15) is 37.7 Å². The minimum absolute atomic E-state index is 0.00278. The van der Waals surface area contributed by atoms with Gasteiger partial charge in [0.05, 0.1) is 30.4 Å². The number of nitrogens with zero attached hydrogens (tertiary/aromatic N) is 5. The number of fused-ring (bicyclic) bond motifs is 5. The highest BCUT2D eigenvalue weighted by atomic mass is 19.1. The van der Waals surface area contributed by atoms with Gasteiger partial charge < -0.3 is 24.6 Å². The number of hydrogen-bond donors (Lipinski definition) is 2. The van der Waals surface area contributed by atoms with Crippen LogP contribution in [0.15, 0.2) is 24.3 Å². The first kappa shape index (κ1) is 29.1. The lowest BCUT2D eigenvalue weighted by Gasteiger charge is -2.33. The van der Waals surface area contributed by atoms with Gasteiger partial charge in [-0.3, -0.25) is 4.90 Å². The summed E-state index contributed by atoms with van der Waals surface area (Å²) in [6.07, 6.45) is 7.60. The van der Waals surface area contributed by atoms with Crippen LogP contribution in [0.5, 0.6) is 17.6 Å². The van der Waals surface area contributed by atoms with Crippen molar-refractivity contribution >= 4 is 27.5 Å². The molecule has 4 aliphatic rings. The molecule has 0 spiro atoms. The van der Waals surface area contributed by atoms with Crippen LogP contribution in [0.2, 0.25) is 0 Å². The van der Waals surface area contributed by atoms with Gasteiger partial charge in [-0.25, -0.2) is 18.2 Å². The molecule has 3 unspecified atom stereocenters. The molecule has 4 fully saturated rings. The number of pyridine rings is 1. The number of hydrogen-bond acceptors (Lipinski definition) is 9. The number of methoxy groups -OCH3 is 1. The van der Waals surface area contributed by atoms with Gasteiger partial charge in [0.15, 0.2) is 5.82 Å². The number of halogens is 3. The van der Waals surface area contributed by atoms with E-state index in [-0.39, 0.29) is 69.3 Å². The lowest BCUT2D eigenvalue weighted by atomic mass is 9.95. The maximum atomic E-state index is 17.0. The summed E-state index contributed by atoms with van der Waals surface area (Å²) in [5.74, 6) is 1.14. The highest BCUT2D eigenvalue weighted by molar-refractivity contribution is 6.04. The van der Waals surface area contributed by atoms with Gasteiger partial charge in [0, 0.05) is 30.5 Å². The van der Waals surface area contributed by atoms with E-state index < -0.39 is 29.4 Å². The zero-order valence-electron chi connectivity index (χ0n) is 25.1. The Hall–Kier alpha value is -4.34. The summed E-state index contributed by atoms with van der Waals surface area (Å²) in [6.45, 7) is 1.84. The fourth-order valence-corrected chi connectivity index (χ4v) is 8.34. The normalized spacial score (nSPS) is 27.1. The van der Waals surface area contributed by atoms with Gasteiger partial charge in [0.25, 0.3) is 0 Å². The molecule has 2 N–H and O–H groups in total. The van der Waals surface area contributed by atoms with E-state index in [4.69, 9.17) is 20.9 Å². The molecule has 238 valence electrons. The molecule has 12 heteroatoms. The van der Waals surface area contributed by atoms with Gasteiger partial charge >= 0.3 is 6.01 Å². The Bertz CT molecular complexity index is 1950. The SMILES string of the molecule is C#Cc1c(F)ccc2cc(O)cc(-c3nc(OC)c4c(N5CC6CC(O)C5C6)nc(OC[C@@]56CCCN5C[C@H](F)C6)nc4c3F)c12. The molecule has 3 saturated heterocycles. The summed E-state index contributed by atoms with van der Waals surface area (Å²) < 4.78 is 58.3. The Kier molecular flexibility index (Phi) is 6.71. The van der Waals surface area contributed by atoms with E-state index in [0.29, 0.717) is 37.1 Å². The number of aromatic hydroxyl groups is 1. The van der Waals surface area contributed by atoms with E-state index in [1.54, 1.807) is 0 Å². The maximum Gasteiger partial charge on any atom is 0.319 e. The molecular formula is C34H32F3N5O4. The number of alkyl halides is 1. The van der Waals surface area contributed by atoms with Crippen molar-refractivity contribution in [3.05, 3.63) is 41.5 Å². The van der Waals surface area contributed by atoms with Crippen LogP contribution >= 0.6 is 0 Å². The summed E-state index contributed by atoms with van der Waals surface area (Å²) >= 11 is 0. The average molecular weight is 632 g/mol. The summed E-state index contributed by atoms with van der Waals surface area (Å²) in [7, 11) is 1.39. The number of aliphatic hydroxyl groups is 1. The first-order valence-electron chi connectivity index (χ1n) is 15.5. The van der Waals surface area contributed by atoms with Crippen molar-refractivity contribution in [2.75, 3.05) is 38.3 Å². The molecule has 2 aromatic heterocycles. The number of benzene rings is 2. The van der Waals surface area contributed by atoms with E-state index in [2.05, 4.69) is 20.8 Å². The number of ether oxygens (including phenoxy) is 2. The summed E-state index contributed by atoms with van der Waals surface area (Å²) in [4.78, 5) is 17.8. The van der Waals surface area contributed by atoms with E-state index in [1.807, 2.05) is 4.90 Å². The summed E-state index contributed by atoms with van der Waals surface area (Å²) in [5.41, 5.74) is -0.965. The van der Waals surface area contributed by atoms with Crippen molar-refractivity contribution in [3.8, 4) is 41.2 Å². The molecule has 8 rings (SSSR count). The monoisotopic (exact) mass is 631 g/mol. The van der Waals surface area contributed by atoms with E-state index in [9.17, 15) is 19.0 Å². The van der Waals surface area contributed by atoms with Crippen molar-refractivity contribution in [2.24, 2.45) is 5.92 Å². The second-order valence-corrected chi connectivity index (χ2v) is 13.0. The Balaban J connectivity index is 1.33. The third-order valence-corrected chi connectivity index (χ3v) is 10.3. The summed E-state index contributed by atoms with van der Waals surface area (Å²) in [6, 6.07) is 4.97. The van der Waals surface area contributed by atoms with Crippen molar-refractivity contribution < 1.29 is 32.9 Å². The second kappa shape index (κ2) is 10.6. The van der Waals surface area contributed by atoms with Crippen LogP contribution < -0.4 is 14.4 Å². The van der Waals surface area contributed by atoms with Gasteiger partial charge in [0.2, 0.25) is 5.88 Å².